The molecule has 0 aliphatic rings. The van der Waals surface area contributed by atoms with Gasteiger partial charge in [-0.25, -0.2) is 8.78 Å². The molecule has 3 N–H and O–H groups in total. The number of rotatable bonds is 2. The lowest BCUT2D eigenvalue weighted by molar-refractivity contribution is 0.115. The predicted molar refractivity (Wildman–Crippen MR) is 51.1 cm³/mol. The summed E-state index contributed by atoms with van der Waals surface area (Å²) in [5, 5.41) is 9.41. The van der Waals surface area contributed by atoms with Crippen LogP contribution in [0, 0.1) is 0 Å². The Morgan fingerprint density at radius 2 is 1.86 bits per heavy atom. The minimum absolute atomic E-state index is 0.0669. The molecule has 2 nitrogen and oxygen atoms in total. The Labute approximate surface area is 89.2 Å². The van der Waals surface area contributed by atoms with E-state index in [9.17, 15) is 13.9 Å². The first kappa shape index (κ1) is 11.5. The van der Waals surface area contributed by atoms with Gasteiger partial charge >= 0.3 is 0 Å². The fourth-order valence-electron chi connectivity index (χ4n) is 1.03. The smallest absolute Gasteiger partial charge is 0.257 e. The summed E-state index contributed by atoms with van der Waals surface area (Å²) in [6, 6.07) is 0.755. The molecule has 0 saturated carbocycles. The van der Waals surface area contributed by atoms with Gasteiger partial charge in [0.2, 0.25) is 0 Å². The normalized spacial score (nSPS) is 13.3. The number of hydrogen-bond donors (Lipinski definition) is 2. The summed E-state index contributed by atoms with van der Waals surface area (Å²) in [6.45, 7) is 0. The molecule has 0 amide bonds. The zero-order valence-electron chi connectivity index (χ0n) is 6.85. The summed E-state index contributed by atoms with van der Waals surface area (Å²) >= 11 is 11.1. The third kappa shape index (κ3) is 2.26. The topological polar surface area (TPSA) is 46.2 Å². The van der Waals surface area contributed by atoms with Crippen molar-refractivity contribution in [2.24, 2.45) is 5.73 Å². The summed E-state index contributed by atoms with van der Waals surface area (Å²) in [7, 11) is 0. The Morgan fingerprint density at radius 1 is 1.29 bits per heavy atom. The van der Waals surface area contributed by atoms with Crippen molar-refractivity contribution in [1.82, 2.24) is 0 Å². The van der Waals surface area contributed by atoms with Gasteiger partial charge in [-0.2, -0.15) is 0 Å². The van der Waals surface area contributed by atoms with Crippen LogP contribution in [0.5, 0.6) is 5.75 Å². The van der Waals surface area contributed by atoms with E-state index in [1.165, 1.54) is 6.07 Å². The van der Waals surface area contributed by atoms with Gasteiger partial charge in [-0.05, 0) is 12.1 Å². The molecule has 1 rings (SSSR count). The van der Waals surface area contributed by atoms with Crippen LogP contribution in [0.2, 0.25) is 10.0 Å². The van der Waals surface area contributed by atoms with E-state index in [1.54, 1.807) is 0 Å². The molecule has 0 fully saturated rings. The molecule has 0 aliphatic carbocycles. The standard InChI is InChI=1S/C8H7Cl2F2NO/c9-3-1-4(10)6(5(14)2-3)7(13)8(11)12/h1-2,7-8,14H,13H2/t7-/m0/s1. The Balaban J connectivity index is 3.20. The number of hydrogen-bond acceptors (Lipinski definition) is 2. The van der Waals surface area contributed by atoms with E-state index in [-0.39, 0.29) is 15.6 Å². The monoisotopic (exact) mass is 241 g/mol. The maximum atomic E-state index is 12.2. The number of benzene rings is 1. The molecule has 14 heavy (non-hydrogen) atoms. The molecule has 0 unspecified atom stereocenters. The molecule has 0 aromatic heterocycles. The Kier molecular flexibility index (Phi) is 3.53. The second-order valence-electron chi connectivity index (χ2n) is 2.68. The van der Waals surface area contributed by atoms with Gasteiger partial charge in [0.25, 0.3) is 6.43 Å². The highest BCUT2D eigenvalue weighted by atomic mass is 35.5. The van der Waals surface area contributed by atoms with Crippen LogP contribution in [0.15, 0.2) is 12.1 Å². The number of nitrogens with two attached hydrogens (primary N) is 1. The highest BCUT2D eigenvalue weighted by molar-refractivity contribution is 6.35. The lowest BCUT2D eigenvalue weighted by Gasteiger charge is -2.14. The molecule has 78 valence electrons. The minimum Gasteiger partial charge on any atom is -0.507 e. The average Bonchev–Trinajstić information content (AvgIpc) is 2.01. The second-order valence-corrected chi connectivity index (χ2v) is 3.52. The number of phenolic OH excluding ortho intramolecular Hbond substituents is 1. The van der Waals surface area contributed by atoms with Crippen LogP contribution in [0.3, 0.4) is 0 Å². The van der Waals surface area contributed by atoms with Crippen LogP contribution in [-0.2, 0) is 0 Å². The zero-order chi connectivity index (χ0) is 10.9. The van der Waals surface area contributed by atoms with E-state index in [4.69, 9.17) is 28.9 Å². The Bertz CT molecular complexity index is 323. The van der Waals surface area contributed by atoms with Crippen molar-refractivity contribution in [1.29, 1.82) is 0 Å². The average molecular weight is 242 g/mol. The third-order valence-corrected chi connectivity index (χ3v) is 2.21. The van der Waals surface area contributed by atoms with E-state index in [2.05, 4.69) is 0 Å². The molecule has 6 heteroatoms. The second kappa shape index (κ2) is 4.29. The molecular formula is C8H7Cl2F2NO. The molecule has 0 bridgehead atoms. The summed E-state index contributed by atoms with van der Waals surface area (Å²) in [5.74, 6) is -0.421. The molecule has 0 saturated heterocycles. The van der Waals surface area contributed by atoms with Crippen LogP contribution in [0.25, 0.3) is 0 Å². The van der Waals surface area contributed by atoms with Gasteiger partial charge in [0.15, 0.2) is 0 Å². The molecule has 1 aromatic carbocycles. The first-order valence-corrected chi connectivity index (χ1v) is 4.40. The number of halogens is 4. The van der Waals surface area contributed by atoms with Gasteiger partial charge < -0.3 is 10.8 Å². The van der Waals surface area contributed by atoms with Crippen molar-refractivity contribution in [2.75, 3.05) is 0 Å². The van der Waals surface area contributed by atoms with Crippen molar-refractivity contribution in [2.45, 2.75) is 12.5 Å². The van der Waals surface area contributed by atoms with Crippen LogP contribution in [0.4, 0.5) is 8.78 Å². The quantitative estimate of drug-likeness (QED) is 0.837. The maximum absolute atomic E-state index is 12.2. The SMILES string of the molecule is N[C@@H](c1c(O)cc(Cl)cc1Cl)C(F)F. The van der Waals surface area contributed by atoms with Crippen LogP contribution >= 0.6 is 23.2 Å². The number of aromatic hydroxyl groups is 1. The van der Waals surface area contributed by atoms with Crippen molar-refractivity contribution >= 4 is 23.2 Å². The summed E-state index contributed by atoms with van der Waals surface area (Å²) in [4.78, 5) is 0. The van der Waals surface area contributed by atoms with Gasteiger partial charge in [-0.3, -0.25) is 0 Å². The van der Waals surface area contributed by atoms with E-state index < -0.39 is 18.2 Å². The van der Waals surface area contributed by atoms with E-state index in [0.29, 0.717) is 0 Å². The lowest BCUT2D eigenvalue weighted by Crippen LogP contribution is -2.19. The third-order valence-electron chi connectivity index (χ3n) is 1.68. The molecule has 1 atom stereocenters. The van der Waals surface area contributed by atoms with Crippen molar-refractivity contribution < 1.29 is 13.9 Å². The lowest BCUT2D eigenvalue weighted by atomic mass is 10.1. The number of phenols is 1. The van der Waals surface area contributed by atoms with Crippen LogP contribution in [-0.4, -0.2) is 11.5 Å². The van der Waals surface area contributed by atoms with E-state index in [1.807, 2.05) is 0 Å². The predicted octanol–water partition coefficient (Wildman–Crippen LogP) is 2.96. The van der Waals surface area contributed by atoms with Crippen LogP contribution < -0.4 is 5.73 Å². The summed E-state index contributed by atoms with van der Waals surface area (Å²) in [6.07, 6.45) is -2.79. The van der Waals surface area contributed by atoms with Crippen molar-refractivity contribution in [3.05, 3.63) is 27.7 Å². The largest absolute Gasteiger partial charge is 0.507 e. The van der Waals surface area contributed by atoms with Crippen molar-refractivity contribution in [3.63, 3.8) is 0 Å². The molecule has 0 aliphatic heterocycles. The number of alkyl halides is 2. The van der Waals surface area contributed by atoms with Crippen LogP contribution in [0.1, 0.15) is 11.6 Å². The molecule has 1 aromatic rings. The molecule has 0 heterocycles. The summed E-state index contributed by atoms with van der Waals surface area (Å²) in [5.41, 5.74) is 4.96. The summed E-state index contributed by atoms with van der Waals surface area (Å²) < 4.78 is 24.5. The van der Waals surface area contributed by atoms with Gasteiger partial charge in [-0.15, -0.1) is 0 Å². The maximum Gasteiger partial charge on any atom is 0.257 e. The van der Waals surface area contributed by atoms with Gasteiger partial charge in [0.05, 0.1) is 11.1 Å². The minimum atomic E-state index is -2.79. The van der Waals surface area contributed by atoms with Crippen molar-refractivity contribution in [3.8, 4) is 5.75 Å². The fourth-order valence-corrected chi connectivity index (χ4v) is 1.64. The molecule has 0 spiro atoms. The van der Waals surface area contributed by atoms with Gasteiger partial charge in [0, 0.05) is 10.6 Å². The fraction of sp³-hybridized carbons (Fsp3) is 0.250. The highest BCUT2D eigenvalue weighted by Crippen LogP contribution is 2.35. The Hall–Kier alpha value is -0.580. The van der Waals surface area contributed by atoms with Gasteiger partial charge in [-0.1, -0.05) is 23.2 Å². The van der Waals surface area contributed by atoms with E-state index in [0.717, 1.165) is 6.07 Å². The first-order chi connectivity index (χ1) is 6.43. The highest BCUT2D eigenvalue weighted by Gasteiger charge is 2.23. The molecular weight excluding hydrogens is 235 g/mol. The first-order valence-electron chi connectivity index (χ1n) is 3.65. The Morgan fingerprint density at radius 3 is 2.29 bits per heavy atom. The van der Waals surface area contributed by atoms with Gasteiger partial charge in [0.1, 0.15) is 5.75 Å². The zero-order valence-corrected chi connectivity index (χ0v) is 8.36. The molecule has 0 radical (unpaired) electrons. The van der Waals surface area contributed by atoms with E-state index >= 15 is 0 Å².